The normalized spacial score (nSPS) is 10.8. The van der Waals surface area contributed by atoms with Crippen LogP contribution in [0.3, 0.4) is 0 Å². The number of aromatic nitrogens is 1. The Morgan fingerprint density at radius 1 is 1.37 bits per heavy atom. The first-order valence-electron chi connectivity index (χ1n) is 5.54. The van der Waals surface area contributed by atoms with E-state index in [2.05, 4.69) is 14.4 Å². The van der Waals surface area contributed by atoms with E-state index in [1.165, 1.54) is 20.4 Å². The zero-order valence-corrected chi connectivity index (χ0v) is 11.6. The van der Waals surface area contributed by atoms with E-state index >= 15 is 0 Å². The highest BCUT2D eigenvalue weighted by Crippen LogP contribution is 2.13. The summed E-state index contributed by atoms with van der Waals surface area (Å²) < 4.78 is 35.1. The van der Waals surface area contributed by atoms with Crippen molar-refractivity contribution >= 4 is 21.7 Å². The molecule has 1 aromatic rings. The lowest BCUT2D eigenvalue weighted by molar-refractivity contribution is -0.140. The van der Waals surface area contributed by atoms with E-state index in [0.717, 1.165) is 0 Å². The van der Waals surface area contributed by atoms with Gasteiger partial charge in [0.15, 0.2) is 0 Å². The molecule has 0 spiro atoms. The summed E-state index contributed by atoms with van der Waals surface area (Å²) in [6.07, 6.45) is 1.63. The Kier molecular flexibility index (Phi) is 5.56. The molecule has 0 unspecified atom stereocenters. The average Bonchev–Trinajstić information content (AvgIpc) is 2.38. The zero-order chi connectivity index (χ0) is 14.3. The molecular weight excluding hydrogens is 272 g/mol. The number of pyridine rings is 1. The Balaban J connectivity index is 2.51. The number of rotatable bonds is 7. The number of nitrogens with one attached hydrogen (secondary N) is 1. The Bertz CT molecular complexity index is 512. The minimum atomic E-state index is -3.50. The first-order chi connectivity index (χ1) is 8.96. The van der Waals surface area contributed by atoms with Gasteiger partial charge in [0, 0.05) is 12.5 Å². The molecule has 1 aromatic heterocycles. The third kappa shape index (κ3) is 5.56. The number of nitrogens with zero attached hydrogens (tertiary/aromatic N) is 1. The molecule has 1 N–H and O–H groups in total. The fraction of sp³-hybridized carbons (Fsp3) is 0.455. The molecule has 0 saturated carbocycles. The maximum Gasteiger partial charge on any atom is 0.305 e. The lowest BCUT2D eigenvalue weighted by Gasteiger charge is -2.07. The smallest absolute Gasteiger partial charge is 0.305 e. The molecule has 0 atom stereocenters. The van der Waals surface area contributed by atoms with Gasteiger partial charge in [-0.05, 0) is 12.5 Å². The predicted octanol–water partition coefficient (Wildman–Crippen LogP) is 0.785. The van der Waals surface area contributed by atoms with Crippen LogP contribution in [0.4, 0.5) is 5.69 Å². The lowest BCUT2D eigenvalue weighted by Crippen LogP contribution is -2.17. The largest absolute Gasteiger partial charge is 0.481 e. The van der Waals surface area contributed by atoms with Crippen molar-refractivity contribution in [3.05, 3.63) is 18.3 Å². The summed E-state index contributed by atoms with van der Waals surface area (Å²) in [5.74, 6) is -0.191. The van der Waals surface area contributed by atoms with Crippen LogP contribution in [0.2, 0.25) is 0 Å². The minimum absolute atomic E-state index is 0.0677. The fourth-order valence-electron chi connectivity index (χ4n) is 1.30. The van der Waals surface area contributed by atoms with Crippen LogP contribution in [-0.4, -0.2) is 39.3 Å². The number of sulfonamides is 1. The summed E-state index contributed by atoms with van der Waals surface area (Å²) in [5, 5.41) is 0. The van der Waals surface area contributed by atoms with Crippen LogP contribution >= 0.6 is 0 Å². The van der Waals surface area contributed by atoms with E-state index in [0.29, 0.717) is 11.6 Å². The standard InChI is InChI=1S/C11H16N2O5S/c1-17-10-6-5-9(8-12-10)13-19(15,16)7-3-4-11(14)18-2/h5-6,8,13H,3-4,7H2,1-2H3. The first kappa shape index (κ1) is 15.2. The summed E-state index contributed by atoms with van der Waals surface area (Å²) >= 11 is 0. The summed E-state index contributed by atoms with van der Waals surface area (Å²) in [4.78, 5) is 14.7. The lowest BCUT2D eigenvalue weighted by atomic mass is 10.3. The molecule has 0 bridgehead atoms. The van der Waals surface area contributed by atoms with Crippen LogP contribution in [0.25, 0.3) is 0 Å². The van der Waals surface area contributed by atoms with Crippen molar-refractivity contribution in [3.8, 4) is 5.88 Å². The molecule has 1 rings (SSSR count). The Hall–Kier alpha value is -1.83. The molecule has 0 amide bonds. The van der Waals surface area contributed by atoms with Gasteiger partial charge in [-0.25, -0.2) is 13.4 Å². The van der Waals surface area contributed by atoms with Gasteiger partial charge < -0.3 is 9.47 Å². The van der Waals surface area contributed by atoms with Gasteiger partial charge in [0.2, 0.25) is 15.9 Å². The molecule has 0 aliphatic rings. The Morgan fingerprint density at radius 3 is 2.63 bits per heavy atom. The van der Waals surface area contributed by atoms with Gasteiger partial charge in [0.25, 0.3) is 0 Å². The van der Waals surface area contributed by atoms with Gasteiger partial charge in [-0.15, -0.1) is 0 Å². The molecule has 106 valence electrons. The second kappa shape index (κ2) is 6.93. The van der Waals surface area contributed by atoms with E-state index in [1.54, 1.807) is 12.1 Å². The van der Waals surface area contributed by atoms with Gasteiger partial charge >= 0.3 is 5.97 Å². The zero-order valence-electron chi connectivity index (χ0n) is 10.8. The maximum atomic E-state index is 11.7. The Morgan fingerprint density at radius 2 is 2.11 bits per heavy atom. The SMILES string of the molecule is COC(=O)CCCS(=O)(=O)Nc1ccc(OC)nc1. The van der Waals surface area contributed by atoms with Crippen molar-refractivity contribution in [3.63, 3.8) is 0 Å². The molecular formula is C11H16N2O5S. The van der Waals surface area contributed by atoms with Crippen LogP contribution < -0.4 is 9.46 Å². The Labute approximate surface area is 112 Å². The first-order valence-corrected chi connectivity index (χ1v) is 7.19. The van der Waals surface area contributed by atoms with Crippen molar-refractivity contribution in [2.24, 2.45) is 0 Å². The van der Waals surface area contributed by atoms with E-state index in [-0.39, 0.29) is 18.6 Å². The number of methoxy groups -OCH3 is 2. The van der Waals surface area contributed by atoms with Gasteiger partial charge in [-0.3, -0.25) is 9.52 Å². The molecule has 1 heterocycles. The molecule has 8 heteroatoms. The van der Waals surface area contributed by atoms with Crippen LogP contribution in [0.5, 0.6) is 5.88 Å². The highest BCUT2D eigenvalue weighted by Gasteiger charge is 2.12. The fourth-order valence-corrected chi connectivity index (χ4v) is 2.41. The van der Waals surface area contributed by atoms with Gasteiger partial charge in [0.05, 0.1) is 31.9 Å². The number of hydrogen-bond donors (Lipinski definition) is 1. The number of carbonyl (C=O) groups is 1. The predicted molar refractivity (Wildman–Crippen MR) is 69.4 cm³/mol. The molecule has 0 saturated heterocycles. The molecule has 0 aliphatic carbocycles. The minimum Gasteiger partial charge on any atom is -0.481 e. The monoisotopic (exact) mass is 288 g/mol. The summed E-state index contributed by atoms with van der Waals surface area (Å²) in [7, 11) is -0.763. The quantitative estimate of drug-likeness (QED) is 0.745. The molecule has 0 aliphatic heterocycles. The van der Waals surface area contributed by atoms with Gasteiger partial charge in [-0.1, -0.05) is 0 Å². The average molecular weight is 288 g/mol. The third-order valence-electron chi connectivity index (χ3n) is 2.24. The van der Waals surface area contributed by atoms with Crippen molar-refractivity contribution in [1.29, 1.82) is 0 Å². The van der Waals surface area contributed by atoms with Crippen molar-refractivity contribution < 1.29 is 22.7 Å². The second-order valence-electron chi connectivity index (χ2n) is 3.69. The van der Waals surface area contributed by atoms with Crippen LogP contribution in [0.15, 0.2) is 18.3 Å². The van der Waals surface area contributed by atoms with Crippen LogP contribution in [0, 0.1) is 0 Å². The number of hydrogen-bond acceptors (Lipinski definition) is 6. The number of anilines is 1. The van der Waals surface area contributed by atoms with E-state index < -0.39 is 16.0 Å². The summed E-state index contributed by atoms with van der Waals surface area (Å²) in [5.41, 5.74) is 0.346. The van der Waals surface area contributed by atoms with E-state index in [4.69, 9.17) is 4.74 Å². The molecule has 7 nitrogen and oxygen atoms in total. The summed E-state index contributed by atoms with van der Waals surface area (Å²) in [6, 6.07) is 3.09. The van der Waals surface area contributed by atoms with Crippen molar-refractivity contribution in [2.45, 2.75) is 12.8 Å². The van der Waals surface area contributed by atoms with Crippen LogP contribution in [-0.2, 0) is 19.6 Å². The number of carbonyl (C=O) groups excluding carboxylic acids is 1. The molecule has 0 radical (unpaired) electrons. The second-order valence-corrected chi connectivity index (χ2v) is 5.53. The number of esters is 1. The highest BCUT2D eigenvalue weighted by molar-refractivity contribution is 7.92. The summed E-state index contributed by atoms with van der Waals surface area (Å²) in [6.45, 7) is 0. The van der Waals surface area contributed by atoms with E-state index in [1.807, 2.05) is 0 Å². The topological polar surface area (TPSA) is 94.6 Å². The van der Waals surface area contributed by atoms with Gasteiger partial charge in [0.1, 0.15) is 0 Å². The molecule has 0 aromatic carbocycles. The van der Waals surface area contributed by atoms with Crippen molar-refractivity contribution in [1.82, 2.24) is 4.98 Å². The van der Waals surface area contributed by atoms with Crippen molar-refractivity contribution in [2.75, 3.05) is 24.7 Å². The molecule has 0 fully saturated rings. The molecule has 19 heavy (non-hydrogen) atoms. The van der Waals surface area contributed by atoms with E-state index in [9.17, 15) is 13.2 Å². The highest BCUT2D eigenvalue weighted by atomic mass is 32.2. The third-order valence-corrected chi connectivity index (χ3v) is 3.61. The maximum absolute atomic E-state index is 11.7. The van der Waals surface area contributed by atoms with Gasteiger partial charge in [-0.2, -0.15) is 0 Å². The number of ether oxygens (including phenoxy) is 2. The van der Waals surface area contributed by atoms with Crippen LogP contribution in [0.1, 0.15) is 12.8 Å².